The quantitative estimate of drug-likeness (QED) is 0.502. The fourth-order valence-electron chi connectivity index (χ4n) is 4.09. The predicted octanol–water partition coefficient (Wildman–Crippen LogP) is 3.59. The van der Waals surface area contributed by atoms with Crippen LogP contribution < -0.4 is 10.1 Å². The molecule has 0 saturated carbocycles. The molecule has 0 fully saturated rings. The maximum Gasteiger partial charge on any atom is 0.331 e. The zero-order valence-electron chi connectivity index (χ0n) is 16.1. The summed E-state index contributed by atoms with van der Waals surface area (Å²) >= 11 is 0. The van der Waals surface area contributed by atoms with Gasteiger partial charge in [-0.15, -0.1) is 0 Å². The molecule has 2 aliphatic heterocycles. The van der Waals surface area contributed by atoms with Crippen molar-refractivity contribution in [3.8, 4) is 5.75 Å². The van der Waals surface area contributed by atoms with Crippen LogP contribution in [0, 0.1) is 0 Å². The van der Waals surface area contributed by atoms with Crippen molar-refractivity contribution in [2.75, 3.05) is 11.9 Å². The zero-order valence-corrected chi connectivity index (χ0v) is 16.1. The van der Waals surface area contributed by atoms with Crippen molar-refractivity contribution in [2.24, 2.45) is 0 Å². The Hall–Kier alpha value is -3.15. The van der Waals surface area contributed by atoms with Crippen molar-refractivity contribution in [2.45, 2.75) is 38.6 Å². The minimum atomic E-state index is -0.647. The first-order chi connectivity index (χ1) is 13.2. The number of nitrogens with zero attached hydrogens (tertiary/aromatic N) is 1. The molecule has 0 aliphatic carbocycles. The van der Waals surface area contributed by atoms with Gasteiger partial charge in [-0.05, 0) is 62.1 Å². The van der Waals surface area contributed by atoms with Crippen LogP contribution in [-0.4, -0.2) is 34.8 Å². The molecule has 28 heavy (non-hydrogen) atoms. The number of anilines is 1. The molecule has 144 valence electrons. The smallest absolute Gasteiger partial charge is 0.331 e. The Labute approximate surface area is 163 Å². The van der Waals surface area contributed by atoms with Gasteiger partial charge in [-0.1, -0.05) is 19.1 Å². The summed E-state index contributed by atoms with van der Waals surface area (Å²) in [6.45, 7) is 6.04. The van der Waals surface area contributed by atoms with Crippen LogP contribution in [0.2, 0.25) is 0 Å². The first-order valence-electron chi connectivity index (χ1n) is 9.33. The molecular weight excluding hydrogens is 356 g/mol. The van der Waals surface area contributed by atoms with E-state index < -0.39 is 24.3 Å². The predicted molar refractivity (Wildman–Crippen MR) is 105 cm³/mol. The second kappa shape index (κ2) is 6.48. The number of benzene rings is 2. The summed E-state index contributed by atoms with van der Waals surface area (Å²) in [5.41, 5.74) is 2.76. The minimum absolute atomic E-state index is 0.0100. The Morgan fingerprint density at radius 3 is 2.43 bits per heavy atom. The number of carbonyl (C=O) groups excluding carboxylic acids is 3. The molecule has 2 heterocycles. The normalized spacial score (nSPS) is 19.7. The Balaban J connectivity index is 1.48. The summed E-state index contributed by atoms with van der Waals surface area (Å²) in [5.74, 6) is -0.854. The number of ether oxygens (including phenoxy) is 1. The Bertz CT molecular complexity index is 961. The molecule has 4 rings (SSSR count). The molecule has 6 heteroatoms. The maximum absolute atomic E-state index is 12.4. The molecule has 0 spiro atoms. The molecule has 0 bridgehead atoms. The van der Waals surface area contributed by atoms with E-state index in [2.05, 4.69) is 26.1 Å². The highest BCUT2D eigenvalue weighted by molar-refractivity contribution is 6.22. The number of imide groups is 1. The summed E-state index contributed by atoms with van der Waals surface area (Å²) in [7, 11) is 0. The summed E-state index contributed by atoms with van der Waals surface area (Å²) < 4.78 is 5.43. The van der Waals surface area contributed by atoms with Crippen LogP contribution in [0.4, 0.5) is 5.69 Å². The number of nitrogens with one attached hydrogen (secondary N) is 1. The van der Waals surface area contributed by atoms with Gasteiger partial charge >= 0.3 is 5.97 Å². The number of hydrogen-bond donors (Lipinski definition) is 1. The lowest BCUT2D eigenvalue weighted by molar-refractivity contribution is -0.134. The highest BCUT2D eigenvalue weighted by atomic mass is 16.5. The van der Waals surface area contributed by atoms with Crippen LogP contribution in [0.15, 0.2) is 42.5 Å². The lowest BCUT2D eigenvalue weighted by atomic mass is 9.82. The minimum Gasteiger partial charge on any atom is -0.425 e. The second-order valence-electron chi connectivity index (χ2n) is 8.08. The Morgan fingerprint density at radius 1 is 1.14 bits per heavy atom. The first-order valence-corrected chi connectivity index (χ1v) is 9.33. The van der Waals surface area contributed by atoms with Crippen LogP contribution in [-0.2, 0) is 4.79 Å². The summed E-state index contributed by atoms with van der Waals surface area (Å²) in [5, 5.41) is 3.49. The van der Waals surface area contributed by atoms with E-state index in [9.17, 15) is 14.4 Å². The molecule has 1 N–H and O–H groups in total. The number of amides is 2. The van der Waals surface area contributed by atoms with Crippen LogP contribution in [0.25, 0.3) is 0 Å². The van der Waals surface area contributed by atoms with E-state index >= 15 is 0 Å². The molecule has 6 nitrogen and oxygen atoms in total. The highest BCUT2D eigenvalue weighted by Crippen LogP contribution is 2.40. The van der Waals surface area contributed by atoms with Crippen molar-refractivity contribution in [3.05, 3.63) is 59.2 Å². The largest absolute Gasteiger partial charge is 0.425 e. The topological polar surface area (TPSA) is 75.7 Å². The second-order valence-corrected chi connectivity index (χ2v) is 8.08. The van der Waals surface area contributed by atoms with Gasteiger partial charge in [-0.25, -0.2) is 4.79 Å². The van der Waals surface area contributed by atoms with E-state index in [0.29, 0.717) is 22.8 Å². The van der Waals surface area contributed by atoms with E-state index in [4.69, 9.17) is 4.74 Å². The first kappa shape index (κ1) is 18.2. The van der Waals surface area contributed by atoms with Gasteiger partial charge in [0.25, 0.3) is 11.8 Å². The van der Waals surface area contributed by atoms with Gasteiger partial charge in [-0.3, -0.25) is 14.5 Å². The van der Waals surface area contributed by atoms with Gasteiger partial charge in [0.05, 0.1) is 11.1 Å². The van der Waals surface area contributed by atoms with E-state index in [-0.39, 0.29) is 5.54 Å². The summed E-state index contributed by atoms with van der Waals surface area (Å²) in [6, 6.07) is 12.0. The fraction of sp³-hybridized carbons (Fsp3) is 0.318. The Kier molecular flexibility index (Phi) is 4.22. The molecule has 0 unspecified atom stereocenters. The molecule has 0 saturated heterocycles. The van der Waals surface area contributed by atoms with Gasteiger partial charge in [-0.2, -0.15) is 0 Å². The third-order valence-electron chi connectivity index (χ3n) is 5.24. The third kappa shape index (κ3) is 3.15. The zero-order chi connectivity index (χ0) is 20.1. The SMILES string of the molecule is C[C@@H]1CC(C)(C)Nc2ccc(OC(=O)CN3C(=O)c4ccccc4C3=O)cc21. The highest BCUT2D eigenvalue weighted by Gasteiger charge is 2.37. The molecule has 2 aromatic rings. The van der Waals surface area contributed by atoms with Gasteiger partial charge in [0.15, 0.2) is 0 Å². The number of hydrogen-bond acceptors (Lipinski definition) is 5. The third-order valence-corrected chi connectivity index (χ3v) is 5.24. The number of rotatable bonds is 3. The Morgan fingerprint density at radius 2 is 1.79 bits per heavy atom. The number of fused-ring (bicyclic) bond motifs is 2. The van der Waals surface area contributed by atoms with Crippen molar-refractivity contribution in [1.29, 1.82) is 0 Å². The molecule has 2 amide bonds. The van der Waals surface area contributed by atoms with E-state index in [1.165, 1.54) is 0 Å². The van der Waals surface area contributed by atoms with Crippen LogP contribution in [0.5, 0.6) is 5.75 Å². The van der Waals surface area contributed by atoms with Gasteiger partial charge in [0.2, 0.25) is 0 Å². The fourth-order valence-corrected chi connectivity index (χ4v) is 4.09. The monoisotopic (exact) mass is 378 g/mol. The van der Waals surface area contributed by atoms with Crippen molar-refractivity contribution >= 4 is 23.5 Å². The van der Waals surface area contributed by atoms with Crippen LogP contribution >= 0.6 is 0 Å². The van der Waals surface area contributed by atoms with Gasteiger partial charge in [0.1, 0.15) is 12.3 Å². The lowest BCUT2D eigenvalue weighted by Crippen LogP contribution is -2.37. The number of esters is 1. The molecule has 2 aliphatic rings. The average molecular weight is 378 g/mol. The molecular formula is C22H22N2O4. The molecule has 0 radical (unpaired) electrons. The average Bonchev–Trinajstić information content (AvgIpc) is 2.87. The van der Waals surface area contributed by atoms with E-state index in [1.54, 1.807) is 30.3 Å². The summed E-state index contributed by atoms with van der Waals surface area (Å²) in [4.78, 5) is 38.1. The standard InChI is InChI=1S/C22H22N2O4/c1-13-11-22(2,3)23-18-9-8-14(10-17(13)18)28-19(25)12-24-20(26)15-6-4-5-7-16(15)21(24)27/h4-10,13,23H,11-12H2,1-3H3/t13-/m1/s1. The van der Waals surface area contributed by atoms with Crippen LogP contribution in [0.1, 0.15) is 59.4 Å². The molecule has 1 atom stereocenters. The van der Waals surface area contributed by atoms with Crippen LogP contribution in [0.3, 0.4) is 0 Å². The van der Waals surface area contributed by atoms with E-state index in [1.807, 2.05) is 12.1 Å². The lowest BCUT2D eigenvalue weighted by Gasteiger charge is -2.37. The van der Waals surface area contributed by atoms with Gasteiger partial charge in [0, 0.05) is 11.2 Å². The molecule has 2 aromatic carbocycles. The van der Waals surface area contributed by atoms with E-state index in [0.717, 1.165) is 22.6 Å². The summed E-state index contributed by atoms with van der Waals surface area (Å²) in [6.07, 6.45) is 0.965. The number of carbonyl (C=O) groups is 3. The maximum atomic E-state index is 12.4. The van der Waals surface area contributed by atoms with Crippen molar-refractivity contribution < 1.29 is 19.1 Å². The van der Waals surface area contributed by atoms with Gasteiger partial charge < -0.3 is 10.1 Å². The molecule has 0 aromatic heterocycles. The van der Waals surface area contributed by atoms with Crippen molar-refractivity contribution in [1.82, 2.24) is 4.90 Å². The van der Waals surface area contributed by atoms with Crippen molar-refractivity contribution in [3.63, 3.8) is 0 Å².